The Kier molecular flexibility index (Phi) is 6.01. The summed E-state index contributed by atoms with van der Waals surface area (Å²) in [5.41, 5.74) is 0. The van der Waals surface area contributed by atoms with Crippen molar-refractivity contribution in [3.63, 3.8) is 0 Å². The Morgan fingerprint density at radius 2 is 1.95 bits per heavy atom. The second kappa shape index (κ2) is 6.90. The summed E-state index contributed by atoms with van der Waals surface area (Å²) in [6, 6.07) is 0. The summed E-state index contributed by atoms with van der Waals surface area (Å²) in [6.07, 6.45) is 7.44. The van der Waals surface area contributed by atoms with Crippen LogP contribution in [0.5, 0.6) is 0 Å². The van der Waals surface area contributed by atoms with Crippen LogP contribution >= 0.6 is 0 Å². The Balaban J connectivity index is 2.88. The van der Waals surface area contributed by atoms with Gasteiger partial charge in [0.2, 0.25) is 5.91 Å². The van der Waals surface area contributed by atoms with E-state index in [1.807, 2.05) is 6.92 Å². The molecule has 0 spiro atoms. The fraction of sp³-hybridized carbons (Fsp3) is 0.812. The summed E-state index contributed by atoms with van der Waals surface area (Å²) in [6.45, 7) is 13.9. The van der Waals surface area contributed by atoms with Crippen LogP contribution in [0, 0.1) is 5.92 Å². The Morgan fingerprint density at radius 1 is 1.30 bits per heavy atom. The summed E-state index contributed by atoms with van der Waals surface area (Å²) >= 11 is 0. The van der Waals surface area contributed by atoms with Crippen LogP contribution in [0.4, 0.5) is 0 Å². The SMILES string of the molecule is C[C@H]1C(=O)NCCCC/C=C/[C@@H]1O[Si](C)(C)C(C)(C)C. The normalized spacial score (nSPS) is 27.8. The summed E-state index contributed by atoms with van der Waals surface area (Å²) in [7, 11) is -1.86. The average Bonchev–Trinajstić information content (AvgIpc) is 2.32. The number of hydrogen-bond acceptors (Lipinski definition) is 2. The van der Waals surface area contributed by atoms with Gasteiger partial charge in [-0.1, -0.05) is 39.8 Å². The lowest BCUT2D eigenvalue weighted by Crippen LogP contribution is -2.47. The van der Waals surface area contributed by atoms with Crippen molar-refractivity contribution in [1.29, 1.82) is 0 Å². The number of allylic oxidation sites excluding steroid dienone is 1. The lowest BCUT2D eigenvalue weighted by molar-refractivity contribution is -0.126. The molecule has 0 aliphatic carbocycles. The molecule has 0 saturated heterocycles. The highest BCUT2D eigenvalue weighted by Gasteiger charge is 2.40. The van der Waals surface area contributed by atoms with Gasteiger partial charge in [0.25, 0.3) is 0 Å². The van der Waals surface area contributed by atoms with Crippen LogP contribution in [0.3, 0.4) is 0 Å². The van der Waals surface area contributed by atoms with Crippen LogP contribution in [0.15, 0.2) is 12.2 Å². The van der Waals surface area contributed by atoms with E-state index in [2.05, 4.69) is 51.3 Å². The van der Waals surface area contributed by atoms with Crippen molar-refractivity contribution in [3.8, 4) is 0 Å². The zero-order chi connectivity index (χ0) is 15.4. The molecular formula is C16H31NO2Si. The van der Waals surface area contributed by atoms with Gasteiger partial charge in [-0.3, -0.25) is 4.79 Å². The van der Waals surface area contributed by atoms with Crippen LogP contribution in [0.2, 0.25) is 18.1 Å². The maximum atomic E-state index is 12.2. The molecule has 0 saturated carbocycles. The van der Waals surface area contributed by atoms with E-state index in [0.717, 1.165) is 25.8 Å². The Labute approximate surface area is 125 Å². The molecule has 0 fully saturated rings. The van der Waals surface area contributed by atoms with E-state index in [0.29, 0.717) is 0 Å². The summed E-state index contributed by atoms with van der Waals surface area (Å²) in [5, 5.41) is 3.18. The smallest absolute Gasteiger partial charge is 0.225 e. The third kappa shape index (κ3) is 4.74. The van der Waals surface area contributed by atoms with Gasteiger partial charge < -0.3 is 9.74 Å². The van der Waals surface area contributed by atoms with E-state index < -0.39 is 8.32 Å². The minimum Gasteiger partial charge on any atom is -0.410 e. The zero-order valence-electron chi connectivity index (χ0n) is 14.0. The predicted octanol–water partition coefficient (Wildman–Crippen LogP) is 3.87. The van der Waals surface area contributed by atoms with Gasteiger partial charge in [-0.25, -0.2) is 0 Å². The minimum atomic E-state index is -1.86. The first-order valence-corrected chi connectivity index (χ1v) is 10.7. The van der Waals surface area contributed by atoms with Crippen molar-refractivity contribution in [2.24, 2.45) is 5.92 Å². The van der Waals surface area contributed by atoms with Gasteiger partial charge in [-0.05, 0) is 37.4 Å². The molecule has 116 valence electrons. The molecule has 2 atom stereocenters. The van der Waals surface area contributed by atoms with Crippen molar-refractivity contribution in [2.75, 3.05) is 6.54 Å². The number of carbonyl (C=O) groups excluding carboxylic acids is 1. The first-order chi connectivity index (χ1) is 9.15. The van der Waals surface area contributed by atoms with E-state index in [-0.39, 0.29) is 23.0 Å². The molecule has 0 unspecified atom stereocenters. The highest BCUT2D eigenvalue weighted by atomic mass is 28.4. The molecule has 1 heterocycles. The van der Waals surface area contributed by atoms with E-state index in [9.17, 15) is 4.79 Å². The highest BCUT2D eigenvalue weighted by Crippen LogP contribution is 2.38. The molecule has 20 heavy (non-hydrogen) atoms. The first kappa shape index (κ1) is 17.4. The molecule has 0 bridgehead atoms. The monoisotopic (exact) mass is 297 g/mol. The quantitative estimate of drug-likeness (QED) is 0.620. The molecule has 1 N–H and O–H groups in total. The van der Waals surface area contributed by atoms with E-state index in [1.54, 1.807) is 0 Å². The van der Waals surface area contributed by atoms with Gasteiger partial charge in [0.15, 0.2) is 8.32 Å². The highest BCUT2D eigenvalue weighted by molar-refractivity contribution is 6.74. The third-order valence-corrected chi connectivity index (χ3v) is 9.04. The van der Waals surface area contributed by atoms with Crippen molar-refractivity contribution in [2.45, 2.75) is 71.2 Å². The molecule has 1 rings (SSSR count). The molecule has 1 amide bonds. The summed E-state index contributed by atoms with van der Waals surface area (Å²) in [4.78, 5) is 12.2. The van der Waals surface area contributed by atoms with Crippen LogP contribution in [-0.4, -0.2) is 26.9 Å². The first-order valence-electron chi connectivity index (χ1n) is 7.77. The van der Waals surface area contributed by atoms with Gasteiger partial charge in [0, 0.05) is 6.54 Å². The van der Waals surface area contributed by atoms with Gasteiger partial charge in [-0.15, -0.1) is 0 Å². The maximum Gasteiger partial charge on any atom is 0.225 e. The fourth-order valence-corrected chi connectivity index (χ4v) is 3.28. The van der Waals surface area contributed by atoms with Crippen LogP contribution in [0.1, 0.15) is 47.0 Å². The Morgan fingerprint density at radius 3 is 2.55 bits per heavy atom. The second-order valence-corrected chi connectivity index (χ2v) is 12.1. The molecule has 0 aromatic rings. The summed E-state index contributed by atoms with van der Waals surface area (Å²) < 4.78 is 6.45. The predicted molar refractivity (Wildman–Crippen MR) is 87.2 cm³/mol. The van der Waals surface area contributed by atoms with Crippen molar-refractivity contribution in [3.05, 3.63) is 12.2 Å². The Hall–Kier alpha value is -0.613. The van der Waals surface area contributed by atoms with E-state index in [1.165, 1.54) is 0 Å². The fourth-order valence-electron chi connectivity index (χ4n) is 1.96. The van der Waals surface area contributed by atoms with E-state index in [4.69, 9.17) is 4.43 Å². The number of amides is 1. The molecular weight excluding hydrogens is 266 g/mol. The average molecular weight is 298 g/mol. The molecule has 3 nitrogen and oxygen atoms in total. The Bertz CT molecular complexity index is 358. The molecule has 0 aromatic carbocycles. The second-order valence-electron chi connectivity index (χ2n) is 7.35. The van der Waals surface area contributed by atoms with Crippen molar-refractivity contribution < 1.29 is 9.22 Å². The van der Waals surface area contributed by atoms with Crippen molar-refractivity contribution in [1.82, 2.24) is 5.32 Å². The van der Waals surface area contributed by atoms with Gasteiger partial charge in [0.05, 0.1) is 12.0 Å². The van der Waals surface area contributed by atoms with Crippen LogP contribution < -0.4 is 5.32 Å². The lowest BCUT2D eigenvalue weighted by atomic mass is 10.0. The number of nitrogens with one attached hydrogen (secondary N) is 1. The minimum absolute atomic E-state index is 0.103. The lowest BCUT2D eigenvalue weighted by Gasteiger charge is -2.40. The van der Waals surface area contributed by atoms with Crippen LogP contribution in [0.25, 0.3) is 0 Å². The summed E-state index contributed by atoms with van der Waals surface area (Å²) in [5.74, 6) is -0.0151. The number of hydrogen-bond donors (Lipinski definition) is 1. The molecule has 1 aliphatic heterocycles. The third-order valence-electron chi connectivity index (χ3n) is 4.57. The van der Waals surface area contributed by atoms with Gasteiger partial charge in [0.1, 0.15) is 0 Å². The zero-order valence-corrected chi connectivity index (χ0v) is 15.0. The van der Waals surface area contributed by atoms with Crippen LogP contribution in [-0.2, 0) is 9.22 Å². The van der Waals surface area contributed by atoms with Gasteiger partial charge >= 0.3 is 0 Å². The standard InChI is InChI=1S/C16H31NO2Si/c1-13-14(19-20(5,6)16(2,3)4)11-9-7-8-10-12-17-15(13)18/h9,11,13-14H,7-8,10,12H2,1-6H3,(H,17,18)/b11-9+/t13-,14+/m1/s1. The molecule has 0 aromatic heterocycles. The van der Waals surface area contributed by atoms with Crippen molar-refractivity contribution >= 4 is 14.2 Å². The number of rotatable bonds is 2. The molecule has 0 radical (unpaired) electrons. The topological polar surface area (TPSA) is 38.3 Å². The maximum absolute atomic E-state index is 12.2. The largest absolute Gasteiger partial charge is 0.410 e. The molecule has 4 heteroatoms. The molecule has 1 aliphatic rings. The number of carbonyl (C=O) groups is 1. The van der Waals surface area contributed by atoms with Gasteiger partial charge in [-0.2, -0.15) is 0 Å². The van der Waals surface area contributed by atoms with E-state index >= 15 is 0 Å².